The molecule has 0 spiro atoms. The Kier molecular flexibility index (Phi) is 9.16. The number of aromatic nitrogens is 2. The number of carbonyl (C=O) groups is 2. The highest BCUT2D eigenvalue weighted by Crippen LogP contribution is 2.34. The predicted molar refractivity (Wildman–Crippen MR) is 177 cm³/mol. The van der Waals surface area contributed by atoms with Crippen molar-refractivity contribution in [1.82, 2.24) is 20.0 Å². The summed E-state index contributed by atoms with van der Waals surface area (Å²) in [5, 5.41) is 8.98. The summed E-state index contributed by atoms with van der Waals surface area (Å²) in [7, 11) is 3.24. The van der Waals surface area contributed by atoms with Crippen LogP contribution in [0.1, 0.15) is 64.6 Å². The molecule has 232 valence electrons. The van der Waals surface area contributed by atoms with E-state index in [0.717, 1.165) is 64.2 Å². The zero-order valence-electron chi connectivity index (χ0n) is 25.9. The van der Waals surface area contributed by atoms with E-state index >= 15 is 0 Å². The van der Waals surface area contributed by atoms with Crippen molar-refractivity contribution in [1.29, 1.82) is 0 Å². The number of fused-ring (bicyclic) bond motifs is 1. The summed E-state index contributed by atoms with van der Waals surface area (Å²) in [4.78, 5) is 32.1. The molecule has 1 saturated carbocycles. The molecule has 0 radical (unpaired) electrons. The van der Waals surface area contributed by atoms with Crippen molar-refractivity contribution in [2.24, 2.45) is 0 Å². The van der Waals surface area contributed by atoms with Crippen molar-refractivity contribution >= 4 is 33.4 Å². The average Bonchev–Trinajstić information content (AvgIpc) is 3.66. The lowest BCUT2D eigenvalue weighted by molar-refractivity contribution is -0.127. The third-order valence-electron chi connectivity index (χ3n) is 8.47. The van der Waals surface area contributed by atoms with E-state index in [2.05, 4.69) is 5.32 Å². The van der Waals surface area contributed by atoms with Gasteiger partial charge in [0.15, 0.2) is 0 Å². The molecule has 2 amide bonds. The van der Waals surface area contributed by atoms with Crippen molar-refractivity contribution in [2.45, 2.75) is 57.7 Å². The van der Waals surface area contributed by atoms with Crippen molar-refractivity contribution < 1.29 is 19.1 Å². The number of amides is 2. The Morgan fingerprint density at radius 1 is 0.933 bits per heavy atom. The van der Waals surface area contributed by atoms with Gasteiger partial charge in [-0.25, -0.2) is 4.68 Å². The van der Waals surface area contributed by atoms with E-state index in [1.54, 1.807) is 19.1 Å². The van der Waals surface area contributed by atoms with Crippen molar-refractivity contribution in [3.8, 4) is 17.2 Å². The molecule has 2 aromatic heterocycles. The summed E-state index contributed by atoms with van der Waals surface area (Å²) in [6.45, 7) is 2.19. The summed E-state index contributed by atoms with van der Waals surface area (Å²) in [6.07, 6.45) is 5.25. The quantitative estimate of drug-likeness (QED) is 0.177. The Hall–Kier alpha value is -4.63. The first kappa shape index (κ1) is 30.4. The fourth-order valence-corrected chi connectivity index (χ4v) is 7.17. The van der Waals surface area contributed by atoms with Crippen LogP contribution in [0.3, 0.4) is 0 Å². The van der Waals surface area contributed by atoms with Gasteiger partial charge >= 0.3 is 0 Å². The third-order valence-corrected chi connectivity index (χ3v) is 9.57. The van der Waals surface area contributed by atoms with E-state index in [-0.39, 0.29) is 24.4 Å². The SMILES string of the molecule is COc1ccc(CN(C(=O)c2cc3c(C)nn(-c4ccccc4)c3s2)[C@@H](C(=O)NC2CCCCC2)c2ccc(OC)cc2)cc1. The number of aryl methyl sites for hydroxylation is 1. The van der Waals surface area contributed by atoms with Crippen LogP contribution in [0.25, 0.3) is 15.9 Å². The number of methoxy groups -OCH3 is 2. The molecule has 0 unspecified atom stereocenters. The first-order chi connectivity index (χ1) is 21.9. The molecule has 1 N–H and O–H groups in total. The molecule has 8 nitrogen and oxygen atoms in total. The van der Waals surface area contributed by atoms with Gasteiger partial charge in [0.25, 0.3) is 5.91 Å². The lowest BCUT2D eigenvalue weighted by Gasteiger charge is -2.33. The van der Waals surface area contributed by atoms with E-state index in [4.69, 9.17) is 14.6 Å². The summed E-state index contributed by atoms with van der Waals surface area (Å²) in [6, 6.07) is 26.1. The van der Waals surface area contributed by atoms with Crippen LogP contribution >= 0.6 is 11.3 Å². The number of nitrogens with zero attached hydrogens (tertiary/aromatic N) is 3. The Morgan fingerprint density at radius 2 is 1.58 bits per heavy atom. The van der Waals surface area contributed by atoms with Gasteiger partial charge in [-0.2, -0.15) is 5.10 Å². The van der Waals surface area contributed by atoms with Gasteiger partial charge in [-0.3, -0.25) is 9.59 Å². The smallest absolute Gasteiger partial charge is 0.265 e. The van der Waals surface area contributed by atoms with E-state index in [9.17, 15) is 9.59 Å². The number of hydrogen-bond donors (Lipinski definition) is 1. The second-order valence-electron chi connectivity index (χ2n) is 11.5. The molecule has 1 aliphatic carbocycles. The minimum Gasteiger partial charge on any atom is -0.497 e. The Balaban J connectivity index is 1.43. The Morgan fingerprint density at radius 3 is 2.22 bits per heavy atom. The zero-order valence-corrected chi connectivity index (χ0v) is 26.7. The fraction of sp³-hybridized carbons (Fsp3) is 0.306. The van der Waals surface area contributed by atoms with Gasteiger partial charge in [0.1, 0.15) is 22.4 Å². The maximum atomic E-state index is 14.7. The summed E-state index contributed by atoms with van der Waals surface area (Å²) in [5.41, 5.74) is 3.38. The molecule has 45 heavy (non-hydrogen) atoms. The van der Waals surface area contributed by atoms with Crippen LogP contribution in [0.4, 0.5) is 0 Å². The first-order valence-electron chi connectivity index (χ1n) is 15.4. The van der Waals surface area contributed by atoms with Crippen LogP contribution in [0.5, 0.6) is 11.5 Å². The van der Waals surface area contributed by atoms with Gasteiger partial charge in [-0.1, -0.05) is 61.7 Å². The number of thiophene rings is 1. The second-order valence-corrected chi connectivity index (χ2v) is 12.5. The normalized spacial score (nSPS) is 14.2. The van der Waals surface area contributed by atoms with Gasteiger partial charge in [0.2, 0.25) is 5.91 Å². The highest BCUT2D eigenvalue weighted by atomic mass is 32.1. The Labute approximate surface area is 267 Å². The zero-order chi connectivity index (χ0) is 31.3. The number of para-hydroxylation sites is 1. The number of hydrogen-bond acceptors (Lipinski definition) is 6. The van der Waals surface area contributed by atoms with Crippen LogP contribution < -0.4 is 14.8 Å². The van der Waals surface area contributed by atoms with Crippen LogP contribution in [0, 0.1) is 6.92 Å². The van der Waals surface area contributed by atoms with E-state index in [1.807, 2.05) is 96.5 Å². The fourth-order valence-electron chi connectivity index (χ4n) is 6.03. The van der Waals surface area contributed by atoms with E-state index in [1.165, 1.54) is 17.8 Å². The number of rotatable bonds is 10. The van der Waals surface area contributed by atoms with Crippen LogP contribution in [0.15, 0.2) is 84.9 Å². The highest BCUT2D eigenvalue weighted by Gasteiger charge is 2.35. The third kappa shape index (κ3) is 6.59. The molecule has 9 heteroatoms. The largest absolute Gasteiger partial charge is 0.497 e. The average molecular weight is 623 g/mol. The molecule has 3 aromatic carbocycles. The monoisotopic (exact) mass is 622 g/mol. The van der Waals surface area contributed by atoms with Crippen molar-refractivity contribution in [2.75, 3.05) is 14.2 Å². The first-order valence-corrected chi connectivity index (χ1v) is 16.2. The minimum atomic E-state index is -0.857. The van der Waals surface area contributed by atoms with Crippen molar-refractivity contribution in [3.05, 3.63) is 107 Å². The van der Waals surface area contributed by atoms with Gasteiger partial charge < -0.3 is 19.7 Å². The molecule has 5 aromatic rings. The van der Waals surface area contributed by atoms with Crippen molar-refractivity contribution in [3.63, 3.8) is 0 Å². The van der Waals surface area contributed by atoms with Crippen LogP contribution in [0.2, 0.25) is 0 Å². The summed E-state index contributed by atoms with van der Waals surface area (Å²) >= 11 is 1.40. The molecule has 0 aliphatic heterocycles. The predicted octanol–water partition coefficient (Wildman–Crippen LogP) is 7.25. The number of nitrogens with one attached hydrogen (secondary N) is 1. The summed E-state index contributed by atoms with van der Waals surface area (Å²) in [5.74, 6) is 1.01. The molecule has 1 aliphatic rings. The second kappa shape index (κ2) is 13.6. The molecule has 0 bridgehead atoms. The molecule has 2 heterocycles. The maximum Gasteiger partial charge on any atom is 0.265 e. The molecule has 0 saturated heterocycles. The number of carbonyl (C=O) groups excluding carboxylic acids is 2. The van der Waals surface area contributed by atoms with Crippen LogP contribution in [-0.2, 0) is 11.3 Å². The molecule has 1 atom stereocenters. The van der Waals surface area contributed by atoms with Gasteiger partial charge in [0, 0.05) is 18.0 Å². The van der Waals surface area contributed by atoms with Crippen LogP contribution in [-0.4, -0.2) is 46.8 Å². The topological polar surface area (TPSA) is 85.7 Å². The lowest BCUT2D eigenvalue weighted by Crippen LogP contribution is -2.46. The molecule has 6 rings (SSSR count). The lowest BCUT2D eigenvalue weighted by atomic mass is 9.94. The standard InChI is InChI=1S/C36H38N4O4S/c1-24-31-22-32(45-36(31)40(38-24)28-12-8-5-9-13-28)35(42)39(23-25-14-18-29(43-2)19-15-25)33(26-16-20-30(44-3)21-17-26)34(41)37-27-10-6-4-7-11-27/h5,8-9,12-22,27,33H,4,6-7,10-11,23H2,1-3H3,(H,37,41)/t33-/m1/s1. The van der Waals surface area contributed by atoms with E-state index in [0.29, 0.717) is 10.6 Å². The van der Waals surface area contributed by atoms with Gasteiger partial charge in [0.05, 0.1) is 30.5 Å². The molecular formula is C36H38N4O4S. The van der Waals surface area contributed by atoms with Gasteiger partial charge in [-0.05, 0) is 73.4 Å². The number of benzene rings is 3. The molecule has 1 fully saturated rings. The minimum absolute atomic E-state index is 0.0915. The summed E-state index contributed by atoms with van der Waals surface area (Å²) < 4.78 is 12.7. The highest BCUT2D eigenvalue weighted by molar-refractivity contribution is 7.20. The Bertz CT molecular complexity index is 1760. The number of ether oxygens (including phenoxy) is 2. The van der Waals surface area contributed by atoms with E-state index < -0.39 is 6.04 Å². The van der Waals surface area contributed by atoms with Gasteiger partial charge in [-0.15, -0.1) is 11.3 Å². The maximum absolute atomic E-state index is 14.7. The molecular weight excluding hydrogens is 584 g/mol.